The molecule has 0 aromatic heterocycles. The number of hydrogen-bond acceptors (Lipinski definition) is 6. The minimum atomic E-state index is -0.530. The molecule has 3 aliphatic rings. The molecule has 150 valence electrons. The predicted molar refractivity (Wildman–Crippen MR) is 107 cm³/mol. The molecule has 5 rings (SSSR count). The Morgan fingerprint density at radius 2 is 1.79 bits per heavy atom. The molecule has 2 aromatic rings. The van der Waals surface area contributed by atoms with Crippen molar-refractivity contribution in [2.45, 2.75) is 19.6 Å². The second-order valence-corrected chi connectivity index (χ2v) is 7.64. The van der Waals surface area contributed by atoms with Crippen molar-refractivity contribution in [3.8, 4) is 11.5 Å². The van der Waals surface area contributed by atoms with Gasteiger partial charge in [0.2, 0.25) is 18.5 Å². The van der Waals surface area contributed by atoms with Gasteiger partial charge in [-0.25, -0.2) is 0 Å². The number of carbonyl (C=O) groups excluding carboxylic acids is 2. The first-order chi connectivity index (χ1) is 14.1. The standard InChI is InChI=1S/C22H23N3O4/c1-15(26)25-18-5-3-2-4-17(18)21(27)22(25)24-10-8-23(9-11-24)13-16-6-7-19-20(12-16)29-14-28-19/h2-7,12,22H,8-11,13-14H2,1H3. The third-order valence-electron chi connectivity index (χ3n) is 5.84. The van der Waals surface area contributed by atoms with Gasteiger partial charge < -0.3 is 9.47 Å². The number of amides is 1. The molecule has 0 bridgehead atoms. The zero-order valence-electron chi connectivity index (χ0n) is 16.3. The van der Waals surface area contributed by atoms with Gasteiger partial charge in [-0.1, -0.05) is 18.2 Å². The first-order valence-corrected chi connectivity index (χ1v) is 9.90. The van der Waals surface area contributed by atoms with Crippen LogP contribution in [0.3, 0.4) is 0 Å². The molecule has 1 unspecified atom stereocenters. The highest BCUT2D eigenvalue weighted by Gasteiger charge is 2.43. The van der Waals surface area contributed by atoms with E-state index in [9.17, 15) is 9.59 Å². The first kappa shape index (κ1) is 18.1. The average molecular weight is 393 g/mol. The Balaban J connectivity index is 1.27. The Bertz CT molecular complexity index is 968. The van der Waals surface area contributed by atoms with Gasteiger partial charge in [0.05, 0.1) is 5.69 Å². The van der Waals surface area contributed by atoms with Crippen LogP contribution in [0.5, 0.6) is 11.5 Å². The van der Waals surface area contributed by atoms with E-state index in [1.54, 1.807) is 4.90 Å². The predicted octanol–water partition coefficient (Wildman–Crippen LogP) is 2.11. The molecular formula is C22H23N3O4. The molecular weight excluding hydrogens is 370 g/mol. The molecule has 1 amide bonds. The molecule has 0 N–H and O–H groups in total. The van der Waals surface area contributed by atoms with Crippen molar-refractivity contribution in [2.24, 2.45) is 0 Å². The molecule has 2 aromatic carbocycles. The van der Waals surface area contributed by atoms with Crippen molar-refractivity contribution in [2.75, 3.05) is 37.9 Å². The molecule has 7 heteroatoms. The molecule has 3 aliphatic heterocycles. The number of piperazine rings is 1. The smallest absolute Gasteiger partial charge is 0.231 e. The van der Waals surface area contributed by atoms with Crippen LogP contribution in [0.1, 0.15) is 22.8 Å². The number of para-hydroxylation sites is 1. The lowest BCUT2D eigenvalue weighted by Gasteiger charge is -2.40. The van der Waals surface area contributed by atoms with Gasteiger partial charge in [0.25, 0.3) is 0 Å². The van der Waals surface area contributed by atoms with E-state index >= 15 is 0 Å². The normalized spacial score (nSPS) is 21.5. The van der Waals surface area contributed by atoms with Crippen LogP contribution in [-0.4, -0.2) is 60.6 Å². The van der Waals surface area contributed by atoms with Crippen LogP contribution in [0.4, 0.5) is 5.69 Å². The van der Waals surface area contributed by atoms with Crippen LogP contribution in [0, 0.1) is 0 Å². The highest BCUT2D eigenvalue weighted by atomic mass is 16.7. The minimum absolute atomic E-state index is 0.0139. The van der Waals surface area contributed by atoms with E-state index in [0.717, 1.165) is 49.9 Å². The molecule has 29 heavy (non-hydrogen) atoms. The summed E-state index contributed by atoms with van der Waals surface area (Å²) in [7, 11) is 0. The molecule has 0 aliphatic carbocycles. The molecule has 3 heterocycles. The summed E-state index contributed by atoms with van der Waals surface area (Å²) in [6.45, 7) is 5.76. The van der Waals surface area contributed by atoms with Crippen LogP contribution >= 0.6 is 0 Å². The maximum absolute atomic E-state index is 13.0. The molecule has 0 saturated carbocycles. The van der Waals surface area contributed by atoms with Gasteiger partial charge in [-0.05, 0) is 29.8 Å². The minimum Gasteiger partial charge on any atom is -0.454 e. The summed E-state index contributed by atoms with van der Waals surface area (Å²) in [6, 6.07) is 13.4. The Hall–Kier alpha value is -2.90. The number of anilines is 1. The van der Waals surface area contributed by atoms with Gasteiger partial charge in [-0.2, -0.15) is 0 Å². The molecule has 1 saturated heterocycles. The highest BCUT2D eigenvalue weighted by Crippen LogP contribution is 2.35. The monoisotopic (exact) mass is 393 g/mol. The van der Waals surface area contributed by atoms with E-state index in [-0.39, 0.29) is 18.5 Å². The quantitative estimate of drug-likeness (QED) is 0.796. The molecule has 0 spiro atoms. The number of ketones is 1. The lowest BCUT2D eigenvalue weighted by molar-refractivity contribution is -0.117. The zero-order chi connectivity index (χ0) is 20.0. The highest BCUT2D eigenvalue weighted by molar-refractivity contribution is 6.17. The van der Waals surface area contributed by atoms with Crippen molar-refractivity contribution in [1.82, 2.24) is 9.80 Å². The largest absolute Gasteiger partial charge is 0.454 e. The topological polar surface area (TPSA) is 62.3 Å². The molecule has 0 radical (unpaired) electrons. The number of ether oxygens (including phenoxy) is 2. The molecule has 7 nitrogen and oxygen atoms in total. The average Bonchev–Trinajstić information content (AvgIpc) is 3.31. The van der Waals surface area contributed by atoms with Crippen LogP contribution in [0.15, 0.2) is 42.5 Å². The van der Waals surface area contributed by atoms with Crippen molar-refractivity contribution < 1.29 is 19.1 Å². The zero-order valence-corrected chi connectivity index (χ0v) is 16.3. The van der Waals surface area contributed by atoms with E-state index in [2.05, 4.69) is 15.9 Å². The number of rotatable bonds is 3. The number of hydrogen-bond donors (Lipinski definition) is 0. The van der Waals surface area contributed by atoms with Crippen molar-refractivity contribution >= 4 is 17.4 Å². The summed E-state index contributed by atoms with van der Waals surface area (Å²) in [4.78, 5) is 31.5. The van der Waals surface area contributed by atoms with Gasteiger partial charge in [-0.15, -0.1) is 0 Å². The van der Waals surface area contributed by atoms with E-state index in [1.165, 1.54) is 12.5 Å². The fourth-order valence-electron chi connectivity index (χ4n) is 4.41. The van der Waals surface area contributed by atoms with Crippen molar-refractivity contribution in [3.63, 3.8) is 0 Å². The fourth-order valence-corrected chi connectivity index (χ4v) is 4.41. The number of nitrogens with zero attached hydrogens (tertiary/aromatic N) is 3. The van der Waals surface area contributed by atoms with E-state index < -0.39 is 6.17 Å². The Labute approximate surface area is 169 Å². The second kappa shape index (κ2) is 7.17. The van der Waals surface area contributed by atoms with E-state index in [0.29, 0.717) is 5.56 Å². The Morgan fingerprint density at radius 1 is 1.03 bits per heavy atom. The molecule has 1 fully saturated rings. The third-order valence-corrected chi connectivity index (χ3v) is 5.84. The van der Waals surface area contributed by atoms with Crippen molar-refractivity contribution in [3.05, 3.63) is 53.6 Å². The second-order valence-electron chi connectivity index (χ2n) is 7.64. The summed E-state index contributed by atoms with van der Waals surface area (Å²) >= 11 is 0. The summed E-state index contributed by atoms with van der Waals surface area (Å²) in [5, 5.41) is 0. The van der Waals surface area contributed by atoms with Crippen LogP contribution in [0.25, 0.3) is 0 Å². The Kier molecular flexibility index (Phi) is 4.49. The summed E-state index contributed by atoms with van der Waals surface area (Å²) in [6.07, 6.45) is -0.530. The maximum atomic E-state index is 13.0. The van der Waals surface area contributed by atoms with Gasteiger partial charge >= 0.3 is 0 Å². The van der Waals surface area contributed by atoms with Gasteiger partial charge in [0.1, 0.15) is 0 Å². The number of Topliss-reactive ketones (excluding diaryl/α,β-unsaturated/α-hetero) is 1. The van der Waals surface area contributed by atoms with Crippen LogP contribution < -0.4 is 14.4 Å². The Morgan fingerprint density at radius 3 is 2.59 bits per heavy atom. The number of benzene rings is 2. The lowest BCUT2D eigenvalue weighted by Crippen LogP contribution is -2.57. The summed E-state index contributed by atoms with van der Waals surface area (Å²) in [5.41, 5.74) is 2.53. The van der Waals surface area contributed by atoms with E-state index in [4.69, 9.17) is 9.47 Å². The third kappa shape index (κ3) is 3.16. The SMILES string of the molecule is CC(=O)N1c2ccccc2C(=O)C1N1CCN(Cc2ccc3c(c2)OCO3)CC1. The first-order valence-electron chi connectivity index (χ1n) is 9.90. The summed E-state index contributed by atoms with van der Waals surface area (Å²) < 4.78 is 10.8. The van der Waals surface area contributed by atoms with Crippen LogP contribution in [0.2, 0.25) is 0 Å². The van der Waals surface area contributed by atoms with Crippen molar-refractivity contribution in [1.29, 1.82) is 0 Å². The van der Waals surface area contributed by atoms with Gasteiger partial charge in [0.15, 0.2) is 17.7 Å². The number of fused-ring (bicyclic) bond motifs is 2. The van der Waals surface area contributed by atoms with Gasteiger partial charge in [-0.3, -0.25) is 24.3 Å². The maximum Gasteiger partial charge on any atom is 0.231 e. The molecule has 1 atom stereocenters. The van der Waals surface area contributed by atoms with Gasteiger partial charge in [0, 0.05) is 45.2 Å². The lowest BCUT2D eigenvalue weighted by atomic mass is 10.1. The number of carbonyl (C=O) groups is 2. The van der Waals surface area contributed by atoms with Crippen LogP contribution in [-0.2, 0) is 11.3 Å². The summed E-state index contributed by atoms with van der Waals surface area (Å²) in [5.74, 6) is 1.51. The van der Waals surface area contributed by atoms with E-state index in [1.807, 2.05) is 36.4 Å². The fraction of sp³-hybridized carbons (Fsp3) is 0.364.